The van der Waals surface area contributed by atoms with Gasteiger partial charge in [0.25, 0.3) is 0 Å². The standard InChI is InChI=1S/C10H22N2O2/c1-4-11-7-5-9(14)12-10(2,3)6-8-13/h11,13H,4-8H2,1-3H3,(H,12,14). The quantitative estimate of drug-likeness (QED) is 0.519. The SMILES string of the molecule is CCNCCC(=O)NC(C)(C)CCO. The molecule has 0 radical (unpaired) electrons. The van der Waals surface area contributed by atoms with Crippen LogP contribution in [0.4, 0.5) is 0 Å². The Labute approximate surface area is 86.1 Å². The minimum absolute atomic E-state index is 0.0319. The lowest BCUT2D eigenvalue weighted by Crippen LogP contribution is -2.44. The summed E-state index contributed by atoms with van der Waals surface area (Å²) in [6.07, 6.45) is 1.07. The van der Waals surface area contributed by atoms with Gasteiger partial charge in [-0.15, -0.1) is 0 Å². The van der Waals surface area contributed by atoms with Crippen molar-refractivity contribution in [2.45, 2.75) is 39.2 Å². The second-order valence-corrected chi connectivity index (χ2v) is 4.01. The van der Waals surface area contributed by atoms with Gasteiger partial charge in [0.2, 0.25) is 5.91 Å². The topological polar surface area (TPSA) is 61.4 Å². The summed E-state index contributed by atoms with van der Waals surface area (Å²) in [6.45, 7) is 7.52. The van der Waals surface area contributed by atoms with Crippen molar-refractivity contribution in [1.82, 2.24) is 10.6 Å². The first-order valence-corrected chi connectivity index (χ1v) is 5.14. The fourth-order valence-corrected chi connectivity index (χ4v) is 1.16. The number of aliphatic hydroxyl groups excluding tert-OH is 1. The van der Waals surface area contributed by atoms with Crippen molar-refractivity contribution in [3.8, 4) is 0 Å². The molecule has 0 atom stereocenters. The number of hydrogen-bond acceptors (Lipinski definition) is 3. The van der Waals surface area contributed by atoms with Crippen LogP contribution in [0.5, 0.6) is 0 Å². The number of hydrogen-bond donors (Lipinski definition) is 3. The van der Waals surface area contributed by atoms with Gasteiger partial charge in [-0.05, 0) is 26.8 Å². The van der Waals surface area contributed by atoms with E-state index in [1.165, 1.54) is 0 Å². The number of nitrogens with one attached hydrogen (secondary N) is 2. The second-order valence-electron chi connectivity index (χ2n) is 4.01. The predicted molar refractivity (Wildman–Crippen MR) is 57.1 cm³/mol. The number of carbonyl (C=O) groups is 1. The highest BCUT2D eigenvalue weighted by molar-refractivity contribution is 5.76. The molecule has 0 aliphatic rings. The number of carbonyl (C=O) groups excluding carboxylic acids is 1. The molecule has 0 aromatic carbocycles. The van der Waals surface area contributed by atoms with E-state index in [0.717, 1.165) is 6.54 Å². The van der Waals surface area contributed by atoms with Crippen LogP contribution in [0.15, 0.2) is 0 Å². The number of amides is 1. The second kappa shape index (κ2) is 6.79. The minimum Gasteiger partial charge on any atom is -0.396 e. The molecule has 0 spiro atoms. The molecule has 0 saturated heterocycles. The Balaban J connectivity index is 3.69. The van der Waals surface area contributed by atoms with Crippen LogP contribution in [0.3, 0.4) is 0 Å². The van der Waals surface area contributed by atoms with E-state index in [9.17, 15) is 4.79 Å². The molecule has 4 heteroatoms. The van der Waals surface area contributed by atoms with Crippen LogP contribution in [0.1, 0.15) is 33.6 Å². The van der Waals surface area contributed by atoms with Gasteiger partial charge in [0, 0.05) is 25.1 Å². The number of aliphatic hydroxyl groups is 1. The molecule has 84 valence electrons. The first-order chi connectivity index (χ1) is 6.52. The van der Waals surface area contributed by atoms with Gasteiger partial charge in [0.05, 0.1) is 0 Å². The summed E-state index contributed by atoms with van der Waals surface area (Å²) < 4.78 is 0. The summed E-state index contributed by atoms with van der Waals surface area (Å²) in [4.78, 5) is 11.4. The Morgan fingerprint density at radius 1 is 1.43 bits per heavy atom. The molecule has 0 saturated carbocycles. The van der Waals surface area contributed by atoms with E-state index in [1.807, 2.05) is 20.8 Å². The van der Waals surface area contributed by atoms with Crippen LogP contribution >= 0.6 is 0 Å². The Morgan fingerprint density at radius 2 is 2.07 bits per heavy atom. The van der Waals surface area contributed by atoms with E-state index in [0.29, 0.717) is 19.4 Å². The van der Waals surface area contributed by atoms with Crippen molar-refractivity contribution in [3.63, 3.8) is 0 Å². The van der Waals surface area contributed by atoms with Crippen molar-refractivity contribution in [2.75, 3.05) is 19.7 Å². The average Bonchev–Trinajstić information content (AvgIpc) is 2.03. The molecule has 0 aliphatic heterocycles. The van der Waals surface area contributed by atoms with Gasteiger partial charge in [-0.1, -0.05) is 6.92 Å². The molecule has 0 unspecified atom stereocenters. The summed E-state index contributed by atoms with van der Waals surface area (Å²) in [5.41, 5.74) is -0.307. The summed E-state index contributed by atoms with van der Waals surface area (Å²) in [5, 5.41) is 14.7. The summed E-state index contributed by atoms with van der Waals surface area (Å²) in [6, 6.07) is 0. The molecule has 0 bridgehead atoms. The third-order valence-electron chi connectivity index (χ3n) is 1.99. The van der Waals surface area contributed by atoms with Gasteiger partial charge in [0.1, 0.15) is 0 Å². The van der Waals surface area contributed by atoms with Crippen molar-refractivity contribution in [1.29, 1.82) is 0 Å². The van der Waals surface area contributed by atoms with Crippen LogP contribution in [0.2, 0.25) is 0 Å². The van der Waals surface area contributed by atoms with Crippen molar-refractivity contribution in [2.24, 2.45) is 0 Å². The fraction of sp³-hybridized carbons (Fsp3) is 0.900. The van der Waals surface area contributed by atoms with Gasteiger partial charge >= 0.3 is 0 Å². The largest absolute Gasteiger partial charge is 0.396 e. The zero-order chi connectivity index (χ0) is 11.0. The van der Waals surface area contributed by atoms with E-state index in [4.69, 9.17) is 5.11 Å². The third kappa shape index (κ3) is 6.86. The normalized spacial score (nSPS) is 11.4. The fourth-order valence-electron chi connectivity index (χ4n) is 1.16. The van der Waals surface area contributed by atoms with Crippen LogP contribution in [0, 0.1) is 0 Å². The summed E-state index contributed by atoms with van der Waals surface area (Å²) >= 11 is 0. The van der Waals surface area contributed by atoms with E-state index in [-0.39, 0.29) is 18.1 Å². The maximum Gasteiger partial charge on any atom is 0.221 e. The van der Waals surface area contributed by atoms with E-state index >= 15 is 0 Å². The molecule has 0 aliphatic carbocycles. The molecule has 14 heavy (non-hydrogen) atoms. The molecular weight excluding hydrogens is 180 g/mol. The third-order valence-corrected chi connectivity index (χ3v) is 1.99. The van der Waals surface area contributed by atoms with Gasteiger partial charge in [-0.2, -0.15) is 0 Å². The van der Waals surface area contributed by atoms with Crippen LogP contribution < -0.4 is 10.6 Å². The van der Waals surface area contributed by atoms with Crippen molar-refractivity contribution < 1.29 is 9.90 Å². The Kier molecular flexibility index (Phi) is 6.49. The highest BCUT2D eigenvalue weighted by atomic mass is 16.3. The molecule has 0 aromatic heterocycles. The molecule has 0 aromatic rings. The molecule has 4 nitrogen and oxygen atoms in total. The molecular formula is C10H22N2O2. The first-order valence-electron chi connectivity index (χ1n) is 5.14. The molecule has 0 rings (SSSR count). The zero-order valence-corrected chi connectivity index (χ0v) is 9.39. The van der Waals surface area contributed by atoms with Gasteiger partial charge in [-0.3, -0.25) is 4.79 Å². The predicted octanol–water partition coefficient (Wildman–Crippen LogP) is 0.263. The van der Waals surface area contributed by atoms with Gasteiger partial charge in [0.15, 0.2) is 0 Å². The molecule has 0 heterocycles. The highest BCUT2D eigenvalue weighted by Gasteiger charge is 2.18. The minimum atomic E-state index is -0.307. The van der Waals surface area contributed by atoms with E-state index in [2.05, 4.69) is 10.6 Å². The maximum atomic E-state index is 11.4. The molecule has 1 amide bonds. The lowest BCUT2D eigenvalue weighted by atomic mass is 10.0. The lowest BCUT2D eigenvalue weighted by Gasteiger charge is -2.25. The van der Waals surface area contributed by atoms with Gasteiger partial charge < -0.3 is 15.7 Å². The summed E-state index contributed by atoms with van der Waals surface area (Å²) in [7, 11) is 0. The van der Waals surface area contributed by atoms with Crippen molar-refractivity contribution >= 4 is 5.91 Å². The monoisotopic (exact) mass is 202 g/mol. The van der Waals surface area contributed by atoms with Crippen LogP contribution in [0.25, 0.3) is 0 Å². The smallest absolute Gasteiger partial charge is 0.221 e. The lowest BCUT2D eigenvalue weighted by molar-refractivity contribution is -0.122. The van der Waals surface area contributed by atoms with E-state index < -0.39 is 0 Å². The Bertz CT molecular complexity index is 170. The average molecular weight is 202 g/mol. The first kappa shape index (κ1) is 13.4. The maximum absolute atomic E-state index is 11.4. The van der Waals surface area contributed by atoms with E-state index in [1.54, 1.807) is 0 Å². The molecule has 0 fully saturated rings. The van der Waals surface area contributed by atoms with Crippen LogP contribution in [-0.2, 0) is 4.79 Å². The van der Waals surface area contributed by atoms with Crippen LogP contribution in [-0.4, -0.2) is 36.2 Å². The highest BCUT2D eigenvalue weighted by Crippen LogP contribution is 2.06. The zero-order valence-electron chi connectivity index (χ0n) is 9.39. The Hall–Kier alpha value is -0.610. The van der Waals surface area contributed by atoms with Gasteiger partial charge in [-0.25, -0.2) is 0 Å². The Morgan fingerprint density at radius 3 is 2.57 bits per heavy atom. The summed E-state index contributed by atoms with van der Waals surface area (Å²) in [5.74, 6) is 0.0319. The number of rotatable bonds is 7. The van der Waals surface area contributed by atoms with Crippen molar-refractivity contribution in [3.05, 3.63) is 0 Å². The molecule has 3 N–H and O–H groups in total.